The molecule has 0 amide bonds. The lowest BCUT2D eigenvalue weighted by atomic mass is 9.91. The van der Waals surface area contributed by atoms with E-state index in [0.717, 1.165) is 31.4 Å². The van der Waals surface area contributed by atoms with Gasteiger partial charge < -0.3 is 9.88 Å². The maximum atomic E-state index is 12.3. The number of hydrogen-bond donors (Lipinski definition) is 1. The van der Waals surface area contributed by atoms with E-state index in [0.29, 0.717) is 12.6 Å². The summed E-state index contributed by atoms with van der Waals surface area (Å²) in [6.45, 7) is 3.52. The summed E-state index contributed by atoms with van der Waals surface area (Å²) < 4.78 is 3.81. The molecule has 5 nitrogen and oxygen atoms in total. The number of nitrogens with one attached hydrogen (secondary N) is 1. The summed E-state index contributed by atoms with van der Waals surface area (Å²) in [5.74, 6) is 0. The lowest BCUT2D eigenvalue weighted by Crippen LogP contribution is -2.30. The Morgan fingerprint density at radius 1 is 1.43 bits per heavy atom. The second-order valence-corrected chi connectivity index (χ2v) is 5.60. The van der Waals surface area contributed by atoms with Crippen molar-refractivity contribution in [3.05, 3.63) is 51.7 Å². The van der Waals surface area contributed by atoms with Gasteiger partial charge in [-0.2, -0.15) is 5.10 Å². The standard InChI is InChI=1S/C16H22N4O/c1-3-19-10-12(9-18-19)11-20-15-6-4-5-14(17-2)13(15)7-8-16(20)21/h7-10,14,17H,3-6,11H2,1-2H3. The molecule has 2 aromatic rings. The summed E-state index contributed by atoms with van der Waals surface area (Å²) in [5, 5.41) is 7.64. The van der Waals surface area contributed by atoms with Crippen LogP contribution in [0.5, 0.6) is 0 Å². The molecule has 2 heterocycles. The molecule has 0 fully saturated rings. The van der Waals surface area contributed by atoms with Crippen molar-refractivity contribution in [1.29, 1.82) is 0 Å². The molecule has 0 saturated carbocycles. The molecule has 0 radical (unpaired) electrons. The molecule has 5 heteroatoms. The van der Waals surface area contributed by atoms with Crippen LogP contribution < -0.4 is 10.9 Å². The Hall–Kier alpha value is -1.88. The van der Waals surface area contributed by atoms with Gasteiger partial charge in [-0.15, -0.1) is 0 Å². The molecule has 21 heavy (non-hydrogen) atoms. The number of fused-ring (bicyclic) bond motifs is 1. The van der Waals surface area contributed by atoms with Crippen LogP contribution in [0.4, 0.5) is 0 Å². The van der Waals surface area contributed by atoms with E-state index in [1.807, 2.05) is 34.8 Å². The highest BCUT2D eigenvalue weighted by molar-refractivity contribution is 5.28. The molecule has 1 unspecified atom stereocenters. The highest BCUT2D eigenvalue weighted by Crippen LogP contribution is 2.28. The Morgan fingerprint density at radius 2 is 2.29 bits per heavy atom. The van der Waals surface area contributed by atoms with Gasteiger partial charge in [0.15, 0.2) is 0 Å². The van der Waals surface area contributed by atoms with Gasteiger partial charge in [-0.3, -0.25) is 9.48 Å². The van der Waals surface area contributed by atoms with Gasteiger partial charge >= 0.3 is 0 Å². The SMILES string of the molecule is CCn1cc(Cn2c3c(ccc2=O)C(NC)CCC3)cn1. The summed E-state index contributed by atoms with van der Waals surface area (Å²) >= 11 is 0. The van der Waals surface area contributed by atoms with Crippen molar-refractivity contribution in [3.63, 3.8) is 0 Å². The average Bonchev–Trinajstić information content (AvgIpc) is 2.97. The van der Waals surface area contributed by atoms with Gasteiger partial charge in [-0.1, -0.05) is 6.07 Å². The van der Waals surface area contributed by atoms with Crippen molar-refractivity contribution < 1.29 is 0 Å². The van der Waals surface area contributed by atoms with Crippen LogP contribution in [-0.4, -0.2) is 21.4 Å². The molecule has 3 rings (SSSR count). The smallest absolute Gasteiger partial charge is 0.251 e. The van der Waals surface area contributed by atoms with Crippen molar-refractivity contribution >= 4 is 0 Å². The van der Waals surface area contributed by atoms with E-state index in [1.165, 1.54) is 11.3 Å². The minimum Gasteiger partial charge on any atom is -0.313 e. The largest absolute Gasteiger partial charge is 0.313 e. The van der Waals surface area contributed by atoms with Crippen LogP contribution in [0.3, 0.4) is 0 Å². The van der Waals surface area contributed by atoms with E-state index in [4.69, 9.17) is 0 Å². The topological polar surface area (TPSA) is 51.9 Å². The number of rotatable bonds is 4. The van der Waals surface area contributed by atoms with E-state index in [2.05, 4.69) is 17.3 Å². The summed E-state index contributed by atoms with van der Waals surface area (Å²) in [4.78, 5) is 12.3. The molecule has 0 aromatic carbocycles. The maximum Gasteiger partial charge on any atom is 0.251 e. The molecule has 1 N–H and O–H groups in total. The first kappa shape index (κ1) is 14.1. The van der Waals surface area contributed by atoms with Gasteiger partial charge in [0.25, 0.3) is 5.56 Å². The quantitative estimate of drug-likeness (QED) is 0.931. The van der Waals surface area contributed by atoms with Crippen LogP contribution in [0.15, 0.2) is 29.3 Å². The molecule has 0 aliphatic heterocycles. The molecule has 0 bridgehead atoms. The molecule has 0 saturated heterocycles. The van der Waals surface area contributed by atoms with E-state index in [-0.39, 0.29) is 5.56 Å². The van der Waals surface area contributed by atoms with Crippen molar-refractivity contribution in [2.75, 3.05) is 7.05 Å². The van der Waals surface area contributed by atoms with Gasteiger partial charge in [0.2, 0.25) is 0 Å². The van der Waals surface area contributed by atoms with Crippen molar-refractivity contribution in [2.45, 2.75) is 45.3 Å². The van der Waals surface area contributed by atoms with Gasteiger partial charge in [0.05, 0.1) is 12.7 Å². The normalized spacial score (nSPS) is 17.7. The van der Waals surface area contributed by atoms with E-state index < -0.39 is 0 Å². The number of nitrogens with zero attached hydrogens (tertiary/aromatic N) is 3. The summed E-state index contributed by atoms with van der Waals surface area (Å²) in [6, 6.07) is 4.04. The van der Waals surface area contributed by atoms with Gasteiger partial charge in [0, 0.05) is 36.1 Å². The zero-order valence-corrected chi connectivity index (χ0v) is 12.7. The maximum absolute atomic E-state index is 12.3. The monoisotopic (exact) mass is 286 g/mol. The molecule has 1 atom stereocenters. The van der Waals surface area contributed by atoms with Crippen molar-refractivity contribution in [3.8, 4) is 0 Å². The first-order chi connectivity index (χ1) is 10.2. The van der Waals surface area contributed by atoms with Crippen molar-refractivity contribution in [1.82, 2.24) is 19.7 Å². The van der Waals surface area contributed by atoms with Crippen molar-refractivity contribution in [2.24, 2.45) is 0 Å². The molecule has 1 aliphatic rings. The fraction of sp³-hybridized carbons (Fsp3) is 0.500. The first-order valence-electron chi connectivity index (χ1n) is 7.64. The lowest BCUT2D eigenvalue weighted by Gasteiger charge is -2.27. The molecule has 112 valence electrons. The van der Waals surface area contributed by atoms with E-state index in [9.17, 15) is 4.79 Å². The second kappa shape index (κ2) is 5.85. The molecule has 2 aromatic heterocycles. The Balaban J connectivity index is 1.99. The minimum absolute atomic E-state index is 0.0785. The highest BCUT2D eigenvalue weighted by Gasteiger charge is 2.21. The van der Waals surface area contributed by atoms with E-state index >= 15 is 0 Å². The van der Waals surface area contributed by atoms with Gasteiger partial charge in [-0.25, -0.2) is 0 Å². The predicted octanol–water partition coefficient (Wildman–Crippen LogP) is 1.71. The second-order valence-electron chi connectivity index (χ2n) is 5.60. The van der Waals surface area contributed by atoms with E-state index in [1.54, 1.807) is 6.07 Å². The Kier molecular flexibility index (Phi) is 3.92. The highest BCUT2D eigenvalue weighted by atomic mass is 16.1. The molecule has 1 aliphatic carbocycles. The number of aryl methyl sites for hydroxylation is 1. The van der Waals surface area contributed by atoms with Gasteiger partial charge in [0.1, 0.15) is 0 Å². The minimum atomic E-state index is 0.0785. The third-order valence-corrected chi connectivity index (χ3v) is 4.31. The summed E-state index contributed by atoms with van der Waals surface area (Å²) in [7, 11) is 1.99. The molecule has 0 spiro atoms. The third-order valence-electron chi connectivity index (χ3n) is 4.31. The summed E-state index contributed by atoms with van der Waals surface area (Å²) in [6.07, 6.45) is 7.11. The fourth-order valence-corrected chi connectivity index (χ4v) is 3.18. The molecular formula is C16H22N4O. The van der Waals surface area contributed by atoms with Crippen LogP contribution in [-0.2, 0) is 19.5 Å². The van der Waals surface area contributed by atoms with Crippen LogP contribution in [0.1, 0.15) is 42.6 Å². The number of pyridine rings is 1. The number of aromatic nitrogens is 3. The molecular weight excluding hydrogens is 264 g/mol. The van der Waals surface area contributed by atoms with Crippen LogP contribution in [0.2, 0.25) is 0 Å². The Morgan fingerprint density at radius 3 is 3.00 bits per heavy atom. The fourth-order valence-electron chi connectivity index (χ4n) is 3.18. The van der Waals surface area contributed by atoms with Crippen LogP contribution >= 0.6 is 0 Å². The van der Waals surface area contributed by atoms with Gasteiger partial charge in [-0.05, 0) is 38.8 Å². The first-order valence-corrected chi connectivity index (χ1v) is 7.64. The predicted molar refractivity (Wildman–Crippen MR) is 82.4 cm³/mol. The van der Waals surface area contributed by atoms with Crippen LogP contribution in [0.25, 0.3) is 0 Å². The van der Waals surface area contributed by atoms with Crippen LogP contribution in [0, 0.1) is 0 Å². The zero-order valence-electron chi connectivity index (χ0n) is 12.7. The Labute approximate surface area is 124 Å². The summed E-state index contributed by atoms with van der Waals surface area (Å²) in [5.41, 5.74) is 3.61. The average molecular weight is 286 g/mol. The zero-order chi connectivity index (χ0) is 14.8. The third kappa shape index (κ3) is 2.65. The lowest BCUT2D eigenvalue weighted by molar-refractivity contribution is 0.473. The Bertz CT molecular complexity index is 686. The number of hydrogen-bond acceptors (Lipinski definition) is 3.